The summed E-state index contributed by atoms with van der Waals surface area (Å²) < 4.78 is 45.9. The predicted molar refractivity (Wildman–Crippen MR) is 194 cm³/mol. The topological polar surface area (TPSA) is 80.4 Å². The highest BCUT2D eigenvalue weighted by Gasteiger charge is 2.24. The summed E-state index contributed by atoms with van der Waals surface area (Å²) in [5.41, 5.74) is 6.83. The smallest absolute Gasteiger partial charge is 0.122 e. The molecular formula is C42H50O8. The van der Waals surface area contributed by atoms with Crippen molar-refractivity contribution in [1.82, 2.24) is 0 Å². The zero-order valence-electron chi connectivity index (χ0n) is 29.6. The van der Waals surface area contributed by atoms with E-state index in [1.165, 1.54) is 0 Å². The molecule has 0 radical (unpaired) electrons. The third-order valence-corrected chi connectivity index (χ3v) is 8.86. The normalized spacial score (nSPS) is 19.0. The van der Waals surface area contributed by atoms with Crippen molar-refractivity contribution in [3.05, 3.63) is 108 Å². The first-order chi connectivity index (χ1) is 24.4. The van der Waals surface area contributed by atoms with Crippen LogP contribution in [0.25, 0.3) is 22.3 Å². The molecule has 0 aliphatic carbocycles. The molecule has 6 rings (SSSR count). The van der Waals surface area contributed by atoms with Crippen LogP contribution in [0.3, 0.4) is 0 Å². The van der Waals surface area contributed by atoms with E-state index in [1.54, 1.807) is 0 Å². The fraction of sp³-hybridized carbons (Fsp3) is 0.429. The van der Waals surface area contributed by atoms with Crippen LogP contribution in [0.5, 0.6) is 11.5 Å². The second kappa shape index (κ2) is 17.9. The van der Waals surface area contributed by atoms with Gasteiger partial charge in [0.1, 0.15) is 36.9 Å². The molecule has 0 amide bonds. The van der Waals surface area contributed by atoms with Crippen molar-refractivity contribution < 1.29 is 37.9 Å². The van der Waals surface area contributed by atoms with Gasteiger partial charge in [-0.1, -0.05) is 72.8 Å². The zero-order chi connectivity index (χ0) is 34.7. The van der Waals surface area contributed by atoms with Crippen molar-refractivity contribution in [3.63, 3.8) is 0 Å². The number of hydrogen-bond donors (Lipinski definition) is 0. The molecule has 0 spiro atoms. The van der Waals surface area contributed by atoms with Gasteiger partial charge < -0.3 is 37.9 Å². The SMILES string of the molecule is CC(COC(C)c1ccc(-c2ccc(OCCOc3ccc(-c4ccc(C(C)OCC(C)OCC5CO5)cc4)cc3)cc2)cc1)OCC1CO1. The van der Waals surface area contributed by atoms with Crippen molar-refractivity contribution in [1.29, 1.82) is 0 Å². The van der Waals surface area contributed by atoms with Gasteiger partial charge in [0.25, 0.3) is 0 Å². The minimum Gasteiger partial charge on any atom is -0.490 e. The van der Waals surface area contributed by atoms with Crippen molar-refractivity contribution in [2.24, 2.45) is 0 Å². The van der Waals surface area contributed by atoms with Crippen molar-refractivity contribution in [2.45, 2.75) is 64.3 Å². The molecule has 0 aromatic heterocycles. The van der Waals surface area contributed by atoms with Crippen LogP contribution in [0.4, 0.5) is 0 Å². The fourth-order valence-corrected chi connectivity index (χ4v) is 5.42. The quantitative estimate of drug-likeness (QED) is 0.0643. The van der Waals surface area contributed by atoms with Crippen LogP contribution in [0.15, 0.2) is 97.1 Å². The molecule has 6 unspecified atom stereocenters. The Kier molecular flexibility index (Phi) is 12.9. The van der Waals surface area contributed by atoms with E-state index < -0.39 is 0 Å². The lowest BCUT2D eigenvalue weighted by atomic mass is 10.0. The lowest BCUT2D eigenvalue weighted by Gasteiger charge is -2.18. The number of epoxide rings is 2. The third-order valence-electron chi connectivity index (χ3n) is 8.86. The first-order valence-electron chi connectivity index (χ1n) is 17.8. The van der Waals surface area contributed by atoms with Crippen molar-refractivity contribution in [2.75, 3.05) is 52.9 Å². The van der Waals surface area contributed by atoms with Gasteiger partial charge in [-0.25, -0.2) is 0 Å². The number of rotatable bonds is 21. The molecule has 2 saturated heterocycles. The highest BCUT2D eigenvalue weighted by molar-refractivity contribution is 5.65. The predicted octanol–water partition coefficient (Wildman–Crippen LogP) is 8.24. The van der Waals surface area contributed by atoms with Crippen LogP contribution in [0, 0.1) is 0 Å². The summed E-state index contributed by atoms with van der Waals surface area (Å²) in [4.78, 5) is 0. The second-order valence-corrected chi connectivity index (χ2v) is 13.1. The van der Waals surface area contributed by atoms with Crippen LogP contribution in [0.1, 0.15) is 51.0 Å². The van der Waals surface area contributed by atoms with Gasteiger partial charge in [-0.2, -0.15) is 0 Å². The summed E-state index contributed by atoms with van der Waals surface area (Å²) in [7, 11) is 0. The van der Waals surface area contributed by atoms with Crippen LogP contribution < -0.4 is 9.47 Å². The Morgan fingerprint density at radius 2 is 0.800 bits per heavy atom. The molecule has 8 heteroatoms. The van der Waals surface area contributed by atoms with Crippen LogP contribution in [-0.2, 0) is 28.4 Å². The average Bonchev–Trinajstić information content (AvgIpc) is 4.10. The Morgan fingerprint density at radius 1 is 0.480 bits per heavy atom. The van der Waals surface area contributed by atoms with Crippen LogP contribution in [-0.4, -0.2) is 77.3 Å². The molecular weight excluding hydrogens is 632 g/mol. The van der Waals surface area contributed by atoms with E-state index in [0.29, 0.717) is 39.6 Å². The largest absolute Gasteiger partial charge is 0.490 e. The Morgan fingerprint density at radius 3 is 1.12 bits per heavy atom. The Balaban J connectivity index is 0.880. The molecule has 4 aromatic carbocycles. The first kappa shape index (κ1) is 36.0. The van der Waals surface area contributed by atoms with Gasteiger partial charge in [0.05, 0.1) is 64.1 Å². The van der Waals surface area contributed by atoms with E-state index in [4.69, 9.17) is 37.9 Å². The Bertz CT molecular complexity index is 1440. The van der Waals surface area contributed by atoms with Gasteiger partial charge in [0.15, 0.2) is 0 Å². The van der Waals surface area contributed by atoms with Gasteiger partial charge >= 0.3 is 0 Å². The summed E-state index contributed by atoms with van der Waals surface area (Å²) in [6, 6.07) is 33.3. The maximum absolute atomic E-state index is 6.03. The molecule has 0 N–H and O–H groups in total. The molecule has 4 aromatic rings. The van der Waals surface area contributed by atoms with E-state index >= 15 is 0 Å². The highest BCUT2D eigenvalue weighted by atomic mass is 16.6. The van der Waals surface area contributed by atoms with E-state index in [2.05, 4.69) is 86.6 Å². The number of ether oxygens (including phenoxy) is 8. The fourth-order valence-electron chi connectivity index (χ4n) is 5.42. The van der Waals surface area contributed by atoms with Crippen molar-refractivity contribution in [3.8, 4) is 33.8 Å². The second-order valence-electron chi connectivity index (χ2n) is 13.1. The van der Waals surface area contributed by atoms with E-state index in [9.17, 15) is 0 Å². The Hall–Kier alpha value is -3.76. The minimum absolute atomic E-state index is 0.0102. The molecule has 0 saturated carbocycles. The highest BCUT2D eigenvalue weighted by Crippen LogP contribution is 2.27. The zero-order valence-corrected chi connectivity index (χ0v) is 29.6. The van der Waals surface area contributed by atoms with Gasteiger partial charge in [0, 0.05) is 0 Å². The first-order valence-corrected chi connectivity index (χ1v) is 17.8. The van der Waals surface area contributed by atoms with Crippen LogP contribution >= 0.6 is 0 Å². The summed E-state index contributed by atoms with van der Waals surface area (Å²) >= 11 is 0. The standard InChI is InChI=1S/C42H50O8/c1-29(45-25-41-27-49-41)23-47-31(3)33-5-9-35(10-6-33)37-13-17-39(18-14-37)43-21-22-44-40-19-15-38(16-20-40)36-11-7-34(8-12-36)32(4)48-24-30(2)46-26-42-28-50-42/h5-20,29-32,41-42H,21-28H2,1-4H3. The Labute approximate surface area is 296 Å². The molecule has 2 fully saturated rings. The molecule has 2 heterocycles. The molecule has 50 heavy (non-hydrogen) atoms. The molecule has 2 aliphatic heterocycles. The molecule has 8 nitrogen and oxygen atoms in total. The van der Waals surface area contributed by atoms with Gasteiger partial charge in [0.2, 0.25) is 0 Å². The molecule has 0 bridgehead atoms. The van der Waals surface area contributed by atoms with Crippen LogP contribution in [0.2, 0.25) is 0 Å². The lowest BCUT2D eigenvalue weighted by Crippen LogP contribution is -2.19. The number of hydrogen-bond acceptors (Lipinski definition) is 8. The molecule has 266 valence electrons. The van der Waals surface area contributed by atoms with E-state index in [-0.39, 0.29) is 36.6 Å². The van der Waals surface area contributed by atoms with Crippen molar-refractivity contribution >= 4 is 0 Å². The van der Waals surface area contributed by atoms with E-state index in [0.717, 1.165) is 58.1 Å². The summed E-state index contributed by atoms with van der Waals surface area (Å²) in [5.74, 6) is 1.62. The maximum Gasteiger partial charge on any atom is 0.122 e. The van der Waals surface area contributed by atoms with Gasteiger partial charge in [-0.05, 0) is 85.3 Å². The average molecular weight is 683 g/mol. The maximum atomic E-state index is 6.03. The summed E-state index contributed by atoms with van der Waals surface area (Å²) in [5, 5.41) is 0. The van der Waals surface area contributed by atoms with Gasteiger partial charge in [-0.15, -0.1) is 0 Å². The minimum atomic E-state index is -0.0102. The summed E-state index contributed by atoms with van der Waals surface area (Å²) in [6.07, 6.45) is 0.604. The summed E-state index contributed by atoms with van der Waals surface area (Å²) in [6.45, 7) is 13.1. The molecule has 2 aliphatic rings. The van der Waals surface area contributed by atoms with Gasteiger partial charge in [-0.3, -0.25) is 0 Å². The third kappa shape index (κ3) is 11.4. The monoisotopic (exact) mass is 682 g/mol. The van der Waals surface area contributed by atoms with E-state index in [1.807, 2.05) is 38.1 Å². The molecule has 6 atom stereocenters. The lowest BCUT2D eigenvalue weighted by molar-refractivity contribution is -0.0357. The number of benzene rings is 4.